The van der Waals surface area contributed by atoms with E-state index in [1.807, 2.05) is 18.2 Å². The van der Waals surface area contributed by atoms with Gasteiger partial charge < -0.3 is 15.4 Å². The minimum Gasteiger partial charge on any atom is -0.496 e. The van der Waals surface area contributed by atoms with Gasteiger partial charge in [0.2, 0.25) is 5.91 Å². The van der Waals surface area contributed by atoms with Crippen molar-refractivity contribution in [3.63, 3.8) is 0 Å². The number of rotatable bonds is 5. The smallest absolute Gasteiger partial charge is 0.223 e. The Morgan fingerprint density at radius 1 is 1.38 bits per heavy atom. The van der Waals surface area contributed by atoms with E-state index < -0.39 is 0 Å². The summed E-state index contributed by atoms with van der Waals surface area (Å²) in [5.41, 5.74) is 1.47. The van der Waals surface area contributed by atoms with Crippen molar-refractivity contribution in [3.05, 3.63) is 29.8 Å². The summed E-state index contributed by atoms with van der Waals surface area (Å²) in [6.45, 7) is 2.81. The molecular formula is C17H24N2O2. The molecule has 114 valence electrons. The molecule has 1 aliphatic carbocycles. The lowest BCUT2D eigenvalue weighted by Crippen LogP contribution is -2.34. The van der Waals surface area contributed by atoms with Crippen LogP contribution in [0.5, 0.6) is 5.75 Å². The number of para-hydroxylation sites is 1. The van der Waals surface area contributed by atoms with E-state index in [0.29, 0.717) is 12.0 Å². The molecular weight excluding hydrogens is 264 g/mol. The van der Waals surface area contributed by atoms with Gasteiger partial charge in [0.1, 0.15) is 5.75 Å². The van der Waals surface area contributed by atoms with E-state index in [1.54, 1.807) is 7.11 Å². The third-order valence-corrected chi connectivity index (χ3v) is 4.99. The lowest BCUT2D eigenvalue weighted by Gasteiger charge is -2.23. The van der Waals surface area contributed by atoms with Crippen molar-refractivity contribution in [1.29, 1.82) is 0 Å². The summed E-state index contributed by atoms with van der Waals surface area (Å²) in [6.07, 6.45) is 4.20. The molecule has 1 atom stereocenters. The summed E-state index contributed by atoms with van der Waals surface area (Å²) >= 11 is 0. The summed E-state index contributed by atoms with van der Waals surface area (Å²) in [4.78, 5) is 12.3. The maximum atomic E-state index is 12.3. The van der Waals surface area contributed by atoms with Gasteiger partial charge in [-0.25, -0.2) is 0 Å². The molecule has 4 nitrogen and oxygen atoms in total. The van der Waals surface area contributed by atoms with E-state index in [-0.39, 0.29) is 11.8 Å². The first-order valence-electron chi connectivity index (χ1n) is 7.85. The van der Waals surface area contributed by atoms with Gasteiger partial charge in [-0.3, -0.25) is 4.79 Å². The highest BCUT2D eigenvalue weighted by Crippen LogP contribution is 2.58. The molecule has 1 spiro atoms. The van der Waals surface area contributed by atoms with Gasteiger partial charge in [0.25, 0.3) is 0 Å². The lowest BCUT2D eigenvalue weighted by molar-refractivity contribution is -0.123. The minimum absolute atomic E-state index is 0.242. The summed E-state index contributed by atoms with van der Waals surface area (Å²) in [7, 11) is 1.68. The molecule has 1 saturated heterocycles. The van der Waals surface area contributed by atoms with Gasteiger partial charge in [0, 0.05) is 12.5 Å². The Morgan fingerprint density at radius 2 is 2.14 bits per heavy atom. The van der Waals surface area contributed by atoms with E-state index in [1.165, 1.54) is 0 Å². The van der Waals surface area contributed by atoms with Crippen LogP contribution in [0.15, 0.2) is 24.3 Å². The zero-order valence-electron chi connectivity index (χ0n) is 12.7. The lowest BCUT2D eigenvalue weighted by atomic mass is 9.92. The van der Waals surface area contributed by atoms with Gasteiger partial charge in [0.15, 0.2) is 0 Å². The average Bonchev–Trinajstić information content (AvgIpc) is 3.21. The number of carbonyl (C=O) groups is 1. The van der Waals surface area contributed by atoms with Crippen molar-refractivity contribution in [2.45, 2.75) is 25.7 Å². The van der Waals surface area contributed by atoms with Gasteiger partial charge in [-0.1, -0.05) is 18.2 Å². The van der Waals surface area contributed by atoms with E-state index in [0.717, 1.165) is 50.1 Å². The highest BCUT2D eigenvalue weighted by molar-refractivity contribution is 5.82. The normalized spacial score (nSPS) is 22.8. The van der Waals surface area contributed by atoms with Crippen molar-refractivity contribution >= 4 is 5.91 Å². The second-order valence-corrected chi connectivity index (χ2v) is 6.22. The highest BCUT2D eigenvalue weighted by Gasteiger charge is 2.57. The average molecular weight is 288 g/mol. The van der Waals surface area contributed by atoms with Crippen molar-refractivity contribution in [1.82, 2.24) is 10.6 Å². The first kappa shape index (κ1) is 14.4. The zero-order chi connectivity index (χ0) is 14.7. The van der Waals surface area contributed by atoms with E-state index in [4.69, 9.17) is 4.74 Å². The van der Waals surface area contributed by atoms with E-state index in [9.17, 15) is 4.79 Å². The molecule has 4 heteroatoms. The van der Waals surface area contributed by atoms with Gasteiger partial charge in [-0.15, -0.1) is 0 Å². The second-order valence-electron chi connectivity index (χ2n) is 6.22. The molecule has 21 heavy (non-hydrogen) atoms. The Hall–Kier alpha value is -1.55. The van der Waals surface area contributed by atoms with Crippen LogP contribution in [0.2, 0.25) is 0 Å². The largest absolute Gasteiger partial charge is 0.496 e. The zero-order valence-corrected chi connectivity index (χ0v) is 12.7. The molecule has 0 aromatic heterocycles. The number of hydrogen-bond donors (Lipinski definition) is 2. The van der Waals surface area contributed by atoms with Gasteiger partial charge in [-0.05, 0) is 55.8 Å². The third-order valence-electron chi connectivity index (χ3n) is 4.99. The molecule has 0 bridgehead atoms. The van der Waals surface area contributed by atoms with Crippen LogP contribution < -0.4 is 15.4 Å². The molecule has 2 fully saturated rings. The second kappa shape index (κ2) is 6.06. The molecule has 1 aromatic rings. The van der Waals surface area contributed by atoms with Crippen LogP contribution in [0.25, 0.3) is 0 Å². The van der Waals surface area contributed by atoms with Crippen LogP contribution in [0.3, 0.4) is 0 Å². The molecule has 1 aromatic carbocycles. The van der Waals surface area contributed by atoms with Crippen molar-refractivity contribution in [2.75, 3.05) is 26.7 Å². The molecule has 1 saturated carbocycles. The molecule has 0 unspecified atom stereocenters. The summed E-state index contributed by atoms with van der Waals surface area (Å²) in [6, 6.07) is 7.98. The number of amides is 1. The molecule has 1 aliphatic heterocycles. The molecule has 2 N–H and O–H groups in total. The van der Waals surface area contributed by atoms with Crippen LogP contribution >= 0.6 is 0 Å². The molecule has 0 radical (unpaired) electrons. The molecule has 1 amide bonds. The van der Waals surface area contributed by atoms with Crippen molar-refractivity contribution in [3.8, 4) is 5.75 Å². The Kier molecular flexibility index (Phi) is 4.15. The SMILES string of the molecule is COc1ccccc1CCNC(=O)[C@@H]1CC12CCNCC2. The van der Waals surface area contributed by atoms with E-state index in [2.05, 4.69) is 16.7 Å². The first-order valence-corrected chi connectivity index (χ1v) is 7.85. The number of methoxy groups -OCH3 is 1. The minimum atomic E-state index is 0.242. The standard InChI is InChI=1S/C17H24N2O2/c1-21-15-5-3-2-4-13(15)6-9-19-16(20)14-12-17(14)7-10-18-11-8-17/h2-5,14,18H,6-12H2,1H3,(H,19,20)/t14-/m0/s1. The number of hydrogen-bond acceptors (Lipinski definition) is 3. The fourth-order valence-electron chi connectivity index (χ4n) is 3.55. The number of ether oxygens (including phenoxy) is 1. The predicted molar refractivity (Wildman–Crippen MR) is 82.4 cm³/mol. The van der Waals surface area contributed by atoms with Crippen molar-refractivity contribution in [2.24, 2.45) is 11.3 Å². The van der Waals surface area contributed by atoms with Gasteiger partial charge in [0.05, 0.1) is 7.11 Å². The fourth-order valence-corrected chi connectivity index (χ4v) is 3.55. The van der Waals surface area contributed by atoms with E-state index >= 15 is 0 Å². The van der Waals surface area contributed by atoms with Gasteiger partial charge >= 0.3 is 0 Å². The highest BCUT2D eigenvalue weighted by atomic mass is 16.5. The van der Waals surface area contributed by atoms with Crippen LogP contribution in [0.4, 0.5) is 0 Å². The number of benzene rings is 1. The quantitative estimate of drug-likeness (QED) is 0.868. The Balaban J connectivity index is 1.47. The first-order chi connectivity index (χ1) is 10.2. The topological polar surface area (TPSA) is 50.4 Å². The summed E-state index contributed by atoms with van der Waals surface area (Å²) in [5.74, 6) is 1.39. The monoisotopic (exact) mass is 288 g/mol. The molecule has 1 heterocycles. The molecule has 3 rings (SSSR count). The summed E-state index contributed by atoms with van der Waals surface area (Å²) < 4.78 is 5.33. The maximum absolute atomic E-state index is 12.3. The third kappa shape index (κ3) is 3.05. The van der Waals surface area contributed by atoms with Gasteiger partial charge in [-0.2, -0.15) is 0 Å². The Bertz CT molecular complexity index is 509. The van der Waals surface area contributed by atoms with Crippen LogP contribution in [-0.2, 0) is 11.2 Å². The number of carbonyl (C=O) groups excluding carboxylic acids is 1. The summed E-state index contributed by atoms with van der Waals surface area (Å²) in [5, 5.41) is 6.47. The molecule has 2 aliphatic rings. The van der Waals surface area contributed by atoms with Crippen LogP contribution in [0, 0.1) is 11.3 Å². The number of piperidine rings is 1. The van der Waals surface area contributed by atoms with Crippen molar-refractivity contribution < 1.29 is 9.53 Å². The maximum Gasteiger partial charge on any atom is 0.223 e. The fraction of sp³-hybridized carbons (Fsp3) is 0.588. The van der Waals surface area contributed by atoms with Crippen LogP contribution in [0.1, 0.15) is 24.8 Å². The van der Waals surface area contributed by atoms with Crippen LogP contribution in [-0.4, -0.2) is 32.7 Å². The predicted octanol–water partition coefficient (Wildman–Crippen LogP) is 1.74. The number of nitrogens with one attached hydrogen (secondary N) is 2. The Morgan fingerprint density at radius 3 is 2.90 bits per heavy atom. The Labute approximate surface area is 126 Å².